The highest BCUT2D eigenvalue weighted by molar-refractivity contribution is 5.75. The summed E-state index contributed by atoms with van der Waals surface area (Å²) in [5.41, 5.74) is 11.9. The van der Waals surface area contributed by atoms with Gasteiger partial charge in [-0.2, -0.15) is 5.10 Å². The van der Waals surface area contributed by atoms with Gasteiger partial charge in [-0.05, 0) is 23.6 Å². The first-order chi connectivity index (χ1) is 10.3. The smallest absolute Gasteiger partial charge is 0.0569 e. The van der Waals surface area contributed by atoms with Crippen LogP contribution in [-0.2, 0) is 13.0 Å². The fourth-order valence-corrected chi connectivity index (χ4v) is 3.11. The van der Waals surface area contributed by atoms with Gasteiger partial charge in [0.05, 0.1) is 6.20 Å². The number of rotatable bonds is 3. The Bertz CT molecular complexity index is 788. The van der Waals surface area contributed by atoms with E-state index in [9.17, 15) is 0 Å². The molecule has 21 heavy (non-hydrogen) atoms. The van der Waals surface area contributed by atoms with Crippen LogP contribution in [-0.4, -0.2) is 9.78 Å². The number of aromatic nitrogens is 2. The van der Waals surface area contributed by atoms with Crippen LogP contribution in [0.4, 0.5) is 5.69 Å². The van der Waals surface area contributed by atoms with Crippen LogP contribution < -0.4 is 5.73 Å². The summed E-state index contributed by atoms with van der Waals surface area (Å²) in [5, 5.41) is 4.49. The van der Waals surface area contributed by atoms with Crippen molar-refractivity contribution >= 4 is 5.69 Å². The molecule has 3 heteroatoms. The molecule has 1 aliphatic carbocycles. The predicted octanol–water partition coefficient (Wildman–Crippen LogP) is 3.47. The van der Waals surface area contributed by atoms with Crippen molar-refractivity contribution in [1.82, 2.24) is 9.78 Å². The molecule has 3 nitrogen and oxygen atoms in total. The molecule has 0 aliphatic heterocycles. The number of nitrogen functional groups attached to an aromatic ring is 1. The Morgan fingerprint density at radius 2 is 1.90 bits per heavy atom. The van der Waals surface area contributed by atoms with Gasteiger partial charge < -0.3 is 5.73 Å². The average molecular weight is 275 g/mol. The van der Waals surface area contributed by atoms with Crippen molar-refractivity contribution in [3.05, 3.63) is 72.1 Å². The van der Waals surface area contributed by atoms with Gasteiger partial charge in [-0.15, -0.1) is 0 Å². The summed E-state index contributed by atoms with van der Waals surface area (Å²) in [4.78, 5) is 0. The topological polar surface area (TPSA) is 43.8 Å². The molecular weight excluding hydrogens is 258 g/mol. The average Bonchev–Trinajstić information content (AvgIpc) is 2.94. The van der Waals surface area contributed by atoms with Gasteiger partial charge in [0.2, 0.25) is 0 Å². The van der Waals surface area contributed by atoms with Crippen molar-refractivity contribution in [1.29, 1.82) is 0 Å². The first-order valence-corrected chi connectivity index (χ1v) is 7.26. The SMILES string of the molecule is Nc1ccccc1-c1cnn(CC2Cc3ccccc32)c1. The van der Waals surface area contributed by atoms with Crippen molar-refractivity contribution in [2.45, 2.75) is 18.9 Å². The van der Waals surface area contributed by atoms with E-state index in [1.807, 2.05) is 35.1 Å². The van der Waals surface area contributed by atoms with Crippen LogP contribution in [0.15, 0.2) is 60.9 Å². The second-order valence-electron chi connectivity index (χ2n) is 5.64. The fourth-order valence-electron chi connectivity index (χ4n) is 3.11. The lowest BCUT2D eigenvalue weighted by Crippen LogP contribution is -2.22. The van der Waals surface area contributed by atoms with Crippen LogP contribution in [0.1, 0.15) is 17.0 Å². The molecule has 1 atom stereocenters. The van der Waals surface area contributed by atoms with Crippen LogP contribution in [0, 0.1) is 0 Å². The molecule has 0 fully saturated rings. The van der Waals surface area contributed by atoms with E-state index in [0.717, 1.165) is 29.8 Å². The van der Waals surface area contributed by atoms with E-state index >= 15 is 0 Å². The zero-order chi connectivity index (χ0) is 14.2. The van der Waals surface area contributed by atoms with Crippen molar-refractivity contribution in [2.24, 2.45) is 0 Å². The molecule has 2 aromatic carbocycles. The minimum Gasteiger partial charge on any atom is -0.398 e. The zero-order valence-corrected chi connectivity index (χ0v) is 11.7. The standard InChI is InChI=1S/C18H17N3/c19-18-8-4-3-7-17(18)15-10-20-21(12-15)11-14-9-13-5-1-2-6-16(13)14/h1-8,10,12,14H,9,11,19H2. The minimum absolute atomic E-state index is 0.585. The molecule has 1 aliphatic rings. The Morgan fingerprint density at radius 1 is 1.10 bits per heavy atom. The molecule has 0 amide bonds. The van der Waals surface area contributed by atoms with Gasteiger partial charge in [-0.3, -0.25) is 4.68 Å². The highest BCUT2D eigenvalue weighted by Crippen LogP contribution is 2.36. The molecule has 0 bridgehead atoms. The van der Waals surface area contributed by atoms with Gasteiger partial charge in [0.1, 0.15) is 0 Å². The normalized spacial score (nSPS) is 16.3. The van der Waals surface area contributed by atoms with Gasteiger partial charge in [0.15, 0.2) is 0 Å². The molecule has 1 heterocycles. The number of nitrogens with two attached hydrogens (primary N) is 1. The second kappa shape index (κ2) is 4.77. The molecule has 104 valence electrons. The van der Waals surface area contributed by atoms with Crippen molar-refractivity contribution < 1.29 is 0 Å². The molecule has 2 N–H and O–H groups in total. The molecular formula is C18H17N3. The highest BCUT2D eigenvalue weighted by atomic mass is 15.3. The Balaban J connectivity index is 1.55. The Morgan fingerprint density at radius 3 is 2.76 bits per heavy atom. The van der Waals surface area contributed by atoms with Crippen LogP contribution in [0.2, 0.25) is 0 Å². The molecule has 3 aromatic rings. The Kier molecular flexibility index (Phi) is 2.78. The number of anilines is 1. The summed E-state index contributed by atoms with van der Waals surface area (Å²) in [6.07, 6.45) is 5.14. The molecule has 0 saturated heterocycles. The van der Waals surface area contributed by atoms with Crippen LogP contribution in [0.5, 0.6) is 0 Å². The molecule has 1 aromatic heterocycles. The van der Waals surface area contributed by atoms with Gasteiger partial charge in [-0.25, -0.2) is 0 Å². The number of nitrogens with zero attached hydrogens (tertiary/aromatic N) is 2. The van der Waals surface area contributed by atoms with E-state index in [0.29, 0.717) is 5.92 Å². The maximum Gasteiger partial charge on any atom is 0.0569 e. The monoisotopic (exact) mass is 275 g/mol. The third-order valence-electron chi connectivity index (χ3n) is 4.27. The van der Waals surface area contributed by atoms with E-state index < -0.39 is 0 Å². The zero-order valence-electron chi connectivity index (χ0n) is 11.7. The van der Waals surface area contributed by atoms with E-state index in [2.05, 4.69) is 35.6 Å². The van der Waals surface area contributed by atoms with Crippen LogP contribution in [0.25, 0.3) is 11.1 Å². The van der Waals surface area contributed by atoms with Gasteiger partial charge in [0, 0.05) is 35.5 Å². The summed E-state index contributed by atoms with van der Waals surface area (Å²) in [7, 11) is 0. The second-order valence-corrected chi connectivity index (χ2v) is 5.64. The van der Waals surface area contributed by atoms with Gasteiger partial charge >= 0.3 is 0 Å². The minimum atomic E-state index is 0.585. The van der Waals surface area contributed by atoms with Gasteiger partial charge in [0.25, 0.3) is 0 Å². The summed E-state index contributed by atoms with van der Waals surface area (Å²) < 4.78 is 2.03. The lowest BCUT2D eigenvalue weighted by molar-refractivity contribution is 0.475. The van der Waals surface area contributed by atoms with Crippen molar-refractivity contribution in [3.63, 3.8) is 0 Å². The largest absolute Gasteiger partial charge is 0.398 e. The lowest BCUT2D eigenvalue weighted by atomic mass is 9.78. The first-order valence-electron chi connectivity index (χ1n) is 7.26. The molecule has 1 unspecified atom stereocenters. The molecule has 0 radical (unpaired) electrons. The third-order valence-corrected chi connectivity index (χ3v) is 4.27. The molecule has 0 spiro atoms. The van der Waals surface area contributed by atoms with Gasteiger partial charge in [-0.1, -0.05) is 42.5 Å². The number of benzene rings is 2. The number of hydrogen-bond acceptors (Lipinski definition) is 2. The first kappa shape index (κ1) is 12.2. The lowest BCUT2D eigenvalue weighted by Gasteiger charge is -2.29. The number of hydrogen-bond donors (Lipinski definition) is 1. The van der Waals surface area contributed by atoms with E-state index in [1.54, 1.807) is 0 Å². The van der Waals surface area contributed by atoms with Crippen LogP contribution >= 0.6 is 0 Å². The third kappa shape index (κ3) is 2.11. The summed E-state index contributed by atoms with van der Waals surface area (Å²) in [5.74, 6) is 0.585. The number of para-hydroxylation sites is 1. The maximum absolute atomic E-state index is 6.03. The highest BCUT2D eigenvalue weighted by Gasteiger charge is 2.25. The fraction of sp³-hybridized carbons (Fsp3) is 0.167. The van der Waals surface area contributed by atoms with E-state index in [-0.39, 0.29) is 0 Å². The van der Waals surface area contributed by atoms with Crippen LogP contribution in [0.3, 0.4) is 0 Å². The summed E-state index contributed by atoms with van der Waals surface area (Å²) in [6, 6.07) is 16.6. The number of fused-ring (bicyclic) bond motifs is 1. The Labute approximate surface area is 124 Å². The summed E-state index contributed by atoms with van der Waals surface area (Å²) >= 11 is 0. The molecule has 0 saturated carbocycles. The Hall–Kier alpha value is -2.55. The van der Waals surface area contributed by atoms with E-state index in [4.69, 9.17) is 5.73 Å². The van der Waals surface area contributed by atoms with E-state index in [1.165, 1.54) is 11.1 Å². The van der Waals surface area contributed by atoms with Crippen molar-refractivity contribution in [3.8, 4) is 11.1 Å². The quantitative estimate of drug-likeness (QED) is 0.744. The summed E-state index contributed by atoms with van der Waals surface area (Å²) in [6.45, 7) is 0.934. The van der Waals surface area contributed by atoms with Crippen molar-refractivity contribution in [2.75, 3.05) is 5.73 Å². The maximum atomic E-state index is 6.03. The molecule has 4 rings (SSSR count). The predicted molar refractivity (Wildman–Crippen MR) is 85.0 cm³/mol.